The molecular weight excluding hydrogens is 74.1 g/mol. The molecule has 6 heavy (non-hydrogen) atoms. The molecule has 1 heteroatoms. The highest BCUT2D eigenvalue weighted by Gasteiger charge is 1.36. The lowest BCUT2D eigenvalue weighted by molar-refractivity contribution is 1.14. The fraction of sp³-hybridized carbons (Fsp3) is 0.800. The predicted molar refractivity (Wildman–Crippen MR) is 30.4 cm³/mol. The van der Waals surface area contributed by atoms with Crippen molar-refractivity contribution in [3.63, 3.8) is 0 Å². The summed E-state index contributed by atoms with van der Waals surface area (Å²) in [5.41, 5.74) is 4.85. The summed E-state index contributed by atoms with van der Waals surface area (Å²) in [5, 5.41) is 0. The fourth-order valence-corrected chi connectivity index (χ4v) is 0. The Bertz CT molecular complexity index is 5.90. The highest BCUT2D eigenvalue weighted by atomic mass is 14.5. The highest BCUT2D eigenvalue weighted by molar-refractivity contribution is 4.18. The van der Waals surface area contributed by atoms with Crippen molar-refractivity contribution in [2.75, 3.05) is 6.54 Å². The van der Waals surface area contributed by atoms with Gasteiger partial charge in [0.25, 0.3) is 0 Å². The SMILES string of the molecule is CCN.[CH2]CC. The van der Waals surface area contributed by atoms with Gasteiger partial charge in [-0.2, -0.15) is 0 Å². The van der Waals surface area contributed by atoms with Crippen molar-refractivity contribution in [3.8, 4) is 0 Å². The summed E-state index contributed by atoms with van der Waals surface area (Å²) in [7, 11) is 0. The van der Waals surface area contributed by atoms with E-state index in [2.05, 4.69) is 6.92 Å². The molecule has 0 saturated carbocycles. The third-order valence-electron chi connectivity index (χ3n) is 0. The number of rotatable bonds is 0. The van der Waals surface area contributed by atoms with Crippen LogP contribution in [0.2, 0.25) is 0 Å². The van der Waals surface area contributed by atoms with Gasteiger partial charge >= 0.3 is 0 Å². The van der Waals surface area contributed by atoms with Crippen LogP contribution in [-0.2, 0) is 0 Å². The molecule has 0 unspecified atom stereocenters. The van der Waals surface area contributed by atoms with Crippen LogP contribution in [-0.4, -0.2) is 6.54 Å². The molecule has 0 heterocycles. The summed E-state index contributed by atoms with van der Waals surface area (Å²) in [5.74, 6) is 0. The second-order valence-corrected chi connectivity index (χ2v) is 0.908. The van der Waals surface area contributed by atoms with Crippen LogP contribution in [0, 0.1) is 6.92 Å². The molecule has 2 N–H and O–H groups in total. The van der Waals surface area contributed by atoms with E-state index < -0.39 is 0 Å². The topological polar surface area (TPSA) is 26.0 Å². The van der Waals surface area contributed by atoms with Crippen molar-refractivity contribution in [1.29, 1.82) is 0 Å². The first kappa shape index (κ1) is 9.35. The van der Waals surface area contributed by atoms with Crippen LogP contribution in [0.4, 0.5) is 0 Å². The van der Waals surface area contributed by atoms with Crippen LogP contribution in [0.15, 0.2) is 0 Å². The highest BCUT2D eigenvalue weighted by Crippen LogP contribution is 1.54. The smallest absolute Gasteiger partial charge is 0.0106 e. The Labute approximate surface area is 40.5 Å². The molecule has 0 aromatic rings. The van der Waals surface area contributed by atoms with Crippen molar-refractivity contribution >= 4 is 0 Å². The molecule has 0 atom stereocenters. The minimum atomic E-state index is 0.750. The van der Waals surface area contributed by atoms with E-state index in [0.717, 1.165) is 13.0 Å². The van der Waals surface area contributed by atoms with Crippen LogP contribution in [0.1, 0.15) is 20.3 Å². The van der Waals surface area contributed by atoms with E-state index in [9.17, 15) is 0 Å². The Balaban J connectivity index is 0. The van der Waals surface area contributed by atoms with E-state index in [-0.39, 0.29) is 0 Å². The summed E-state index contributed by atoms with van der Waals surface area (Å²) < 4.78 is 0. The first-order chi connectivity index (χ1) is 2.83. The second-order valence-electron chi connectivity index (χ2n) is 0.908. The van der Waals surface area contributed by atoms with Gasteiger partial charge in [0.2, 0.25) is 0 Å². The van der Waals surface area contributed by atoms with Gasteiger partial charge in [-0.05, 0) is 6.54 Å². The lowest BCUT2D eigenvalue weighted by Gasteiger charge is -1.53. The molecule has 0 amide bonds. The minimum absolute atomic E-state index is 0.750. The van der Waals surface area contributed by atoms with E-state index >= 15 is 0 Å². The van der Waals surface area contributed by atoms with Crippen LogP contribution >= 0.6 is 0 Å². The predicted octanol–water partition coefficient (Wildman–Crippen LogP) is 1.20. The fourth-order valence-electron chi connectivity index (χ4n) is 0. The molecule has 0 saturated heterocycles. The molecule has 0 spiro atoms. The number of nitrogens with two attached hydrogens (primary N) is 1. The van der Waals surface area contributed by atoms with Gasteiger partial charge in [-0.1, -0.05) is 27.2 Å². The van der Waals surface area contributed by atoms with E-state index in [1.54, 1.807) is 0 Å². The molecule has 0 aromatic heterocycles. The molecule has 0 aliphatic heterocycles. The van der Waals surface area contributed by atoms with E-state index in [4.69, 9.17) is 5.73 Å². The molecule has 0 fully saturated rings. The van der Waals surface area contributed by atoms with Gasteiger partial charge in [0.15, 0.2) is 0 Å². The number of hydrogen-bond donors (Lipinski definition) is 1. The molecule has 0 aliphatic rings. The van der Waals surface area contributed by atoms with Crippen molar-refractivity contribution in [2.24, 2.45) is 5.73 Å². The van der Waals surface area contributed by atoms with Gasteiger partial charge in [-0.15, -0.1) is 0 Å². The summed E-state index contributed by atoms with van der Waals surface area (Å²) in [6, 6.07) is 0. The van der Waals surface area contributed by atoms with E-state index in [1.807, 2.05) is 13.8 Å². The molecule has 0 bridgehead atoms. The minimum Gasteiger partial charge on any atom is -0.331 e. The standard InChI is InChI=1S/C3H7.C2H7N/c1-3-2;1-2-3/h1,3H2,2H3;2-3H2,1H3. The van der Waals surface area contributed by atoms with Gasteiger partial charge in [0.05, 0.1) is 0 Å². The maximum absolute atomic E-state index is 4.85. The maximum Gasteiger partial charge on any atom is -0.0106 e. The summed E-state index contributed by atoms with van der Waals surface area (Å²) in [4.78, 5) is 0. The average Bonchev–Trinajstić information content (AvgIpc) is 1.39. The molecule has 0 aliphatic carbocycles. The lowest BCUT2D eigenvalue weighted by Crippen LogP contribution is -1.87. The van der Waals surface area contributed by atoms with Crippen LogP contribution in [0.5, 0.6) is 0 Å². The first-order valence-corrected chi connectivity index (χ1v) is 2.32. The van der Waals surface area contributed by atoms with Crippen molar-refractivity contribution in [1.82, 2.24) is 0 Å². The number of hydrogen-bond acceptors (Lipinski definition) is 1. The third kappa shape index (κ3) is 21700. The zero-order valence-corrected chi connectivity index (χ0v) is 4.70. The summed E-state index contributed by atoms with van der Waals surface area (Å²) >= 11 is 0. The lowest BCUT2D eigenvalue weighted by atomic mass is 10.6. The summed E-state index contributed by atoms with van der Waals surface area (Å²) in [6.45, 7) is 8.15. The van der Waals surface area contributed by atoms with Crippen LogP contribution < -0.4 is 5.73 Å². The summed E-state index contributed by atoms with van der Waals surface area (Å²) in [6.07, 6.45) is 1.00. The first-order valence-electron chi connectivity index (χ1n) is 2.32. The van der Waals surface area contributed by atoms with E-state index in [0.29, 0.717) is 0 Å². The third-order valence-corrected chi connectivity index (χ3v) is 0. The van der Waals surface area contributed by atoms with Crippen LogP contribution in [0.3, 0.4) is 0 Å². The molecule has 0 rings (SSSR count). The van der Waals surface area contributed by atoms with Gasteiger partial charge in [0, 0.05) is 0 Å². The maximum atomic E-state index is 4.85. The zero-order valence-electron chi connectivity index (χ0n) is 4.70. The Morgan fingerprint density at radius 3 is 1.50 bits per heavy atom. The van der Waals surface area contributed by atoms with Gasteiger partial charge in [-0.25, -0.2) is 0 Å². The molecule has 1 nitrogen and oxygen atoms in total. The molecule has 39 valence electrons. The molecule has 1 radical (unpaired) electrons. The van der Waals surface area contributed by atoms with Crippen molar-refractivity contribution in [3.05, 3.63) is 6.92 Å². The average molecular weight is 88.2 g/mol. The normalized spacial score (nSPS) is 6.00. The largest absolute Gasteiger partial charge is 0.331 e. The van der Waals surface area contributed by atoms with Gasteiger partial charge in [-0.3, -0.25) is 0 Å². The van der Waals surface area contributed by atoms with Crippen molar-refractivity contribution < 1.29 is 0 Å². The molecular formula is C5H14N. The van der Waals surface area contributed by atoms with Crippen molar-refractivity contribution in [2.45, 2.75) is 20.3 Å². The van der Waals surface area contributed by atoms with E-state index in [1.165, 1.54) is 0 Å². The Kier molecular flexibility index (Phi) is 31.6. The Morgan fingerprint density at radius 1 is 1.50 bits per heavy atom. The second kappa shape index (κ2) is 20.2. The molecule has 0 aromatic carbocycles. The zero-order chi connectivity index (χ0) is 5.41. The monoisotopic (exact) mass is 88.1 g/mol. The quantitative estimate of drug-likeness (QED) is 0.473. The van der Waals surface area contributed by atoms with Gasteiger partial charge < -0.3 is 5.73 Å². The Morgan fingerprint density at radius 2 is 1.50 bits per heavy atom. The van der Waals surface area contributed by atoms with Gasteiger partial charge in [0.1, 0.15) is 0 Å². The Hall–Kier alpha value is -0.0400. The van der Waals surface area contributed by atoms with Crippen LogP contribution in [0.25, 0.3) is 0 Å².